The van der Waals surface area contributed by atoms with Crippen LogP contribution in [0.5, 0.6) is 0 Å². The van der Waals surface area contributed by atoms with Crippen LogP contribution in [0.1, 0.15) is 5.69 Å². The first-order valence-electron chi connectivity index (χ1n) is 3.36. The van der Waals surface area contributed by atoms with E-state index in [4.69, 9.17) is 0 Å². The molecule has 1 aliphatic heterocycles. The molecule has 0 saturated heterocycles. The average Bonchev–Trinajstić information content (AvgIpc) is 2.34. The fraction of sp³-hybridized carbons (Fsp3) is 0.333. The summed E-state index contributed by atoms with van der Waals surface area (Å²) in [6.45, 7) is 1.95. The first-order valence-corrected chi connectivity index (χ1v) is 3.36. The molecule has 0 fully saturated rings. The van der Waals surface area contributed by atoms with Gasteiger partial charge in [-0.15, -0.1) is 5.53 Å². The van der Waals surface area contributed by atoms with Crippen molar-refractivity contribution in [1.29, 1.82) is 0 Å². The molecule has 2 rings (SSSR count). The number of fused-ring (bicyclic) bond motifs is 1. The molecule has 5 nitrogen and oxygen atoms in total. The molecule has 0 bridgehead atoms. The molecule has 0 spiro atoms. The molecule has 0 saturated carbocycles. The molecular weight excluding hydrogens is 142 g/mol. The van der Waals surface area contributed by atoms with Gasteiger partial charge in [-0.1, -0.05) is 0 Å². The highest BCUT2D eigenvalue weighted by Gasteiger charge is 2.18. The normalized spacial score (nSPS) is 14.5. The summed E-state index contributed by atoms with van der Waals surface area (Å²) in [5.74, 6) is 0.833. The SMILES string of the molecule is Cc1ncnc2c1N(C)NN2. The Morgan fingerprint density at radius 1 is 1.45 bits per heavy atom. The molecule has 0 atom stereocenters. The Morgan fingerprint density at radius 2 is 2.27 bits per heavy atom. The van der Waals surface area contributed by atoms with E-state index in [0.717, 1.165) is 17.2 Å². The summed E-state index contributed by atoms with van der Waals surface area (Å²) in [6, 6.07) is 0. The second-order valence-corrected chi connectivity index (χ2v) is 2.45. The van der Waals surface area contributed by atoms with Gasteiger partial charge in [0.2, 0.25) is 0 Å². The maximum Gasteiger partial charge on any atom is 0.170 e. The third-order valence-corrected chi connectivity index (χ3v) is 1.68. The fourth-order valence-electron chi connectivity index (χ4n) is 1.15. The number of anilines is 2. The maximum atomic E-state index is 4.07. The van der Waals surface area contributed by atoms with Crippen LogP contribution in [0, 0.1) is 6.92 Å². The second-order valence-electron chi connectivity index (χ2n) is 2.45. The van der Waals surface area contributed by atoms with Crippen LogP contribution in [0.15, 0.2) is 6.33 Å². The summed E-state index contributed by atoms with van der Waals surface area (Å²) >= 11 is 0. The number of nitrogens with zero attached hydrogens (tertiary/aromatic N) is 3. The number of nitrogens with one attached hydrogen (secondary N) is 2. The second kappa shape index (κ2) is 2.06. The van der Waals surface area contributed by atoms with Crippen molar-refractivity contribution < 1.29 is 0 Å². The monoisotopic (exact) mass is 151 g/mol. The van der Waals surface area contributed by atoms with Crippen LogP contribution in [-0.4, -0.2) is 17.0 Å². The number of hydrazine groups is 2. The molecule has 2 heterocycles. The number of hydrogen-bond acceptors (Lipinski definition) is 5. The smallest absolute Gasteiger partial charge is 0.170 e. The van der Waals surface area contributed by atoms with Gasteiger partial charge in [0.25, 0.3) is 0 Å². The zero-order valence-corrected chi connectivity index (χ0v) is 6.42. The van der Waals surface area contributed by atoms with Crippen LogP contribution in [0.3, 0.4) is 0 Å². The third-order valence-electron chi connectivity index (χ3n) is 1.68. The molecule has 0 aliphatic carbocycles. The van der Waals surface area contributed by atoms with Gasteiger partial charge < -0.3 is 0 Å². The van der Waals surface area contributed by atoms with E-state index in [9.17, 15) is 0 Å². The van der Waals surface area contributed by atoms with E-state index in [2.05, 4.69) is 20.9 Å². The minimum Gasteiger partial charge on any atom is -0.288 e. The van der Waals surface area contributed by atoms with Crippen LogP contribution in [0.25, 0.3) is 0 Å². The molecule has 1 aromatic rings. The Labute approximate surface area is 64.4 Å². The minimum atomic E-state index is 0.833. The zero-order valence-electron chi connectivity index (χ0n) is 6.42. The van der Waals surface area contributed by atoms with Crippen molar-refractivity contribution in [2.24, 2.45) is 0 Å². The van der Waals surface area contributed by atoms with Crippen LogP contribution < -0.4 is 16.0 Å². The average molecular weight is 151 g/mol. The van der Waals surface area contributed by atoms with Crippen molar-refractivity contribution in [3.8, 4) is 0 Å². The van der Waals surface area contributed by atoms with E-state index in [-0.39, 0.29) is 0 Å². The summed E-state index contributed by atoms with van der Waals surface area (Å²) in [7, 11) is 1.91. The van der Waals surface area contributed by atoms with Crippen LogP contribution in [0.2, 0.25) is 0 Å². The van der Waals surface area contributed by atoms with Gasteiger partial charge in [0, 0.05) is 7.05 Å². The topological polar surface area (TPSA) is 53.1 Å². The summed E-state index contributed by atoms with van der Waals surface area (Å²) < 4.78 is 0. The van der Waals surface area contributed by atoms with E-state index in [1.165, 1.54) is 0 Å². The lowest BCUT2D eigenvalue weighted by Gasteiger charge is -2.10. The van der Waals surface area contributed by atoms with Crippen LogP contribution >= 0.6 is 0 Å². The standard InChI is InChI=1S/C6H9N5/c1-4-5-6(8-3-7-4)9-10-11(5)2/h3,10H,1-2H3,(H,7,8,9). The molecule has 5 heteroatoms. The molecule has 0 radical (unpaired) electrons. The molecule has 0 aromatic carbocycles. The van der Waals surface area contributed by atoms with Crippen molar-refractivity contribution in [1.82, 2.24) is 15.5 Å². The van der Waals surface area contributed by atoms with E-state index in [1.807, 2.05) is 19.0 Å². The highest BCUT2D eigenvalue weighted by molar-refractivity contribution is 5.70. The molecule has 2 N–H and O–H groups in total. The van der Waals surface area contributed by atoms with Crippen molar-refractivity contribution in [3.05, 3.63) is 12.0 Å². The number of hydrogen-bond donors (Lipinski definition) is 2. The number of rotatable bonds is 0. The van der Waals surface area contributed by atoms with E-state index < -0.39 is 0 Å². The van der Waals surface area contributed by atoms with Gasteiger partial charge in [-0.2, -0.15) is 0 Å². The van der Waals surface area contributed by atoms with Gasteiger partial charge in [-0.3, -0.25) is 10.4 Å². The lowest BCUT2D eigenvalue weighted by Crippen LogP contribution is -2.32. The van der Waals surface area contributed by atoms with Gasteiger partial charge in [-0.05, 0) is 6.92 Å². The molecule has 11 heavy (non-hydrogen) atoms. The first kappa shape index (κ1) is 6.36. The zero-order chi connectivity index (χ0) is 7.84. The lowest BCUT2D eigenvalue weighted by atomic mass is 10.3. The number of aryl methyl sites for hydroxylation is 1. The first-order chi connectivity index (χ1) is 5.29. The van der Waals surface area contributed by atoms with Gasteiger partial charge in [0.05, 0.1) is 5.69 Å². The van der Waals surface area contributed by atoms with Gasteiger partial charge >= 0.3 is 0 Å². The molecular formula is C6H9N5. The molecule has 58 valence electrons. The Kier molecular flexibility index (Phi) is 1.19. The summed E-state index contributed by atoms with van der Waals surface area (Å²) in [5, 5.41) is 1.85. The van der Waals surface area contributed by atoms with Crippen LogP contribution in [0.4, 0.5) is 11.5 Å². The Bertz CT molecular complexity index is 284. The maximum absolute atomic E-state index is 4.07. The van der Waals surface area contributed by atoms with Gasteiger partial charge in [0.15, 0.2) is 5.82 Å². The Morgan fingerprint density at radius 3 is 3.00 bits per heavy atom. The highest BCUT2D eigenvalue weighted by Crippen LogP contribution is 2.26. The summed E-state index contributed by atoms with van der Waals surface area (Å²) in [6.07, 6.45) is 1.54. The Hall–Kier alpha value is -1.36. The van der Waals surface area contributed by atoms with Gasteiger partial charge in [-0.25, -0.2) is 9.97 Å². The summed E-state index contributed by atoms with van der Waals surface area (Å²) in [5.41, 5.74) is 7.80. The predicted molar refractivity (Wildman–Crippen MR) is 41.9 cm³/mol. The summed E-state index contributed by atoms with van der Waals surface area (Å²) in [4.78, 5) is 8.11. The molecule has 1 aliphatic rings. The van der Waals surface area contributed by atoms with E-state index >= 15 is 0 Å². The van der Waals surface area contributed by atoms with Crippen molar-refractivity contribution in [2.45, 2.75) is 6.92 Å². The van der Waals surface area contributed by atoms with Crippen molar-refractivity contribution in [3.63, 3.8) is 0 Å². The van der Waals surface area contributed by atoms with Crippen LogP contribution in [-0.2, 0) is 0 Å². The van der Waals surface area contributed by atoms with E-state index in [0.29, 0.717) is 0 Å². The quantitative estimate of drug-likeness (QED) is 0.549. The van der Waals surface area contributed by atoms with Crippen molar-refractivity contribution in [2.75, 3.05) is 17.5 Å². The molecule has 1 aromatic heterocycles. The molecule has 0 unspecified atom stereocenters. The van der Waals surface area contributed by atoms with E-state index in [1.54, 1.807) is 6.33 Å². The highest BCUT2D eigenvalue weighted by atomic mass is 15.7. The lowest BCUT2D eigenvalue weighted by molar-refractivity contribution is 0.815. The largest absolute Gasteiger partial charge is 0.288 e. The minimum absolute atomic E-state index is 0.833. The van der Waals surface area contributed by atoms with Crippen molar-refractivity contribution >= 4 is 11.5 Å². The number of aromatic nitrogens is 2. The Balaban J connectivity index is 2.58. The third kappa shape index (κ3) is 0.813. The van der Waals surface area contributed by atoms with Gasteiger partial charge in [0.1, 0.15) is 12.0 Å². The fourth-order valence-corrected chi connectivity index (χ4v) is 1.15. The predicted octanol–water partition coefficient (Wildman–Crippen LogP) is 0.0663. The molecule has 0 amide bonds.